The van der Waals surface area contributed by atoms with Crippen LogP contribution in [0.4, 0.5) is 24.5 Å². The molecule has 0 bridgehead atoms. The fourth-order valence-electron chi connectivity index (χ4n) is 4.56. The van der Waals surface area contributed by atoms with Gasteiger partial charge in [-0.1, -0.05) is 17.7 Å². The minimum absolute atomic E-state index is 0.00621. The number of hydrogen-bond acceptors (Lipinski definition) is 8. The van der Waals surface area contributed by atoms with Crippen LogP contribution in [0.1, 0.15) is 34.5 Å². The minimum Gasteiger partial charge on any atom is -0.484 e. The van der Waals surface area contributed by atoms with Crippen LogP contribution in [0.2, 0.25) is 5.02 Å². The van der Waals surface area contributed by atoms with Gasteiger partial charge in [-0.05, 0) is 60.9 Å². The lowest BCUT2D eigenvalue weighted by molar-refractivity contribution is -0.115. The maximum absolute atomic E-state index is 15.1. The third-order valence-corrected chi connectivity index (χ3v) is 7.25. The van der Waals surface area contributed by atoms with E-state index in [1.165, 1.54) is 43.6 Å². The molecule has 4 aromatic rings. The number of nitrogens with one attached hydrogen (secondary N) is 2. The summed E-state index contributed by atoms with van der Waals surface area (Å²) < 4.78 is 65.4. The lowest BCUT2D eigenvalue weighted by Crippen LogP contribution is -2.29. The number of nitrogens with zero attached hydrogens (tertiary/aromatic N) is 1. The first-order chi connectivity index (χ1) is 22.2. The number of halogens is 4. The number of carbonyl (C=O) groups is 2. The lowest BCUT2D eigenvalue weighted by atomic mass is 10.1. The predicted octanol–water partition coefficient (Wildman–Crippen LogP) is 7.08. The molecule has 46 heavy (non-hydrogen) atoms. The summed E-state index contributed by atoms with van der Waals surface area (Å²) in [7, 11) is 1.18. The van der Waals surface area contributed by atoms with Crippen molar-refractivity contribution in [2.24, 2.45) is 0 Å². The van der Waals surface area contributed by atoms with E-state index < -0.39 is 35.7 Å². The van der Waals surface area contributed by atoms with Crippen molar-refractivity contribution in [2.45, 2.75) is 32.0 Å². The zero-order chi connectivity index (χ0) is 32.6. The highest BCUT2D eigenvalue weighted by molar-refractivity contribution is 6.30. The van der Waals surface area contributed by atoms with E-state index in [0.717, 1.165) is 24.6 Å². The largest absolute Gasteiger partial charge is 0.484 e. The van der Waals surface area contributed by atoms with Gasteiger partial charge in [0.2, 0.25) is 5.91 Å². The van der Waals surface area contributed by atoms with Crippen molar-refractivity contribution in [1.29, 1.82) is 0 Å². The average Bonchev–Trinajstić information content (AvgIpc) is 3.00. The smallest absolute Gasteiger partial charge is 0.338 e. The minimum atomic E-state index is -0.858. The highest BCUT2D eigenvalue weighted by Gasteiger charge is 2.21. The molecule has 3 aromatic carbocycles. The topological polar surface area (TPSA) is 108 Å². The van der Waals surface area contributed by atoms with E-state index in [1.54, 1.807) is 12.1 Å². The van der Waals surface area contributed by atoms with Gasteiger partial charge in [0.25, 0.3) is 0 Å². The van der Waals surface area contributed by atoms with Crippen LogP contribution in [-0.4, -0.2) is 43.2 Å². The molecule has 1 aromatic heterocycles. The molecule has 0 radical (unpaired) electrons. The second-order valence-electron chi connectivity index (χ2n) is 10.3. The molecule has 1 amide bonds. The van der Waals surface area contributed by atoms with E-state index in [9.17, 15) is 14.0 Å². The molecule has 0 unspecified atom stereocenters. The maximum Gasteiger partial charge on any atom is 0.338 e. The molecule has 1 atom stereocenters. The molecule has 1 aliphatic heterocycles. The Morgan fingerprint density at radius 2 is 1.80 bits per heavy atom. The number of methoxy groups -OCH3 is 1. The Morgan fingerprint density at radius 1 is 1.00 bits per heavy atom. The molecular weight excluding hydrogens is 627 g/mol. The molecule has 1 aliphatic rings. The Hall–Kier alpha value is -4.81. The lowest BCUT2D eigenvalue weighted by Gasteiger charge is -2.26. The van der Waals surface area contributed by atoms with Gasteiger partial charge in [0.15, 0.2) is 11.6 Å². The standard InChI is InChI=1S/C33H29ClF3N3O6/c1-43-33(42)20-12-28(37)32(29(13-20)39-10-6-23-8-11-44-23)40-31(41)14-19-2-4-24(17-26(19)35)46-25-7-9-38-22(16-25)18-45-30-5-3-21(34)15-27(30)36/h2-5,7,9,12-13,15-17,23,39H,6,8,10-11,14,18H2,1H3,(H,40,41)/t23-/m1/s1. The molecule has 13 heteroatoms. The van der Waals surface area contributed by atoms with Crippen molar-refractivity contribution >= 4 is 34.9 Å². The van der Waals surface area contributed by atoms with Gasteiger partial charge in [-0.25, -0.2) is 18.0 Å². The number of benzene rings is 3. The number of aromatic nitrogens is 1. The van der Waals surface area contributed by atoms with Crippen LogP contribution >= 0.6 is 11.6 Å². The van der Waals surface area contributed by atoms with E-state index in [4.69, 9.17) is 30.5 Å². The number of ether oxygens (including phenoxy) is 4. The molecule has 9 nitrogen and oxygen atoms in total. The monoisotopic (exact) mass is 655 g/mol. The van der Waals surface area contributed by atoms with Crippen molar-refractivity contribution in [3.63, 3.8) is 0 Å². The first kappa shape index (κ1) is 32.6. The fraction of sp³-hybridized carbons (Fsp3) is 0.242. The number of hydrogen-bond donors (Lipinski definition) is 2. The summed E-state index contributed by atoms with van der Waals surface area (Å²) in [5, 5.41) is 5.77. The molecule has 1 saturated heterocycles. The summed E-state index contributed by atoms with van der Waals surface area (Å²) in [5.74, 6) is -3.13. The molecule has 1 fully saturated rings. The number of rotatable bonds is 13. The second kappa shape index (κ2) is 15.0. The Morgan fingerprint density at radius 3 is 2.52 bits per heavy atom. The van der Waals surface area contributed by atoms with Crippen LogP contribution in [0.5, 0.6) is 17.2 Å². The maximum atomic E-state index is 15.1. The zero-order valence-corrected chi connectivity index (χ0v) is 25.3. The number of pyridine rings is 1. The average molecular weight is 656 g/mol. The van der Waals surface area contributed by atoms with Crippen LogP contribution < -0.4 is 20.1 Å². The van der Waals surface area contributed by atoms with Crippen molar-refractivity contribution in [2.75, 3.05) is 30.9 Å². The first-order valence-corrected chi connectivity index (χ1v) is 14.6. The van der Waals surface area contributed by atoms with Crippen LogP contribution in [0.25, 0.3) is 0 Å². The molecule has 2 N–H and O–H groups in total. The summed E-state index contributed by atoms with van der Waals surface area (Å²) in [6.07, 6.45) is 2.72. The Labute approximate surface area is 267 Å². The van der Waals surface area contributed by atoms with Crippen molar-refractivity contribution < 1.29 is 41.7 Å². The van der Waals surface area contributed by atoms with E-state index in [2.05, 4.69) is 15.6 Å². The van der Waals surface area contributed by atoms with E-state index >= 15 is 8.78 Å². The van der Waals surface area contributed by atoms with E-state index in [1.807, 2.05) is 0 Å². The van der Waals surface area contributed by atoms with Gasteiger partial charge in [0, 0.05) is 36.5 Å². The first-order valence-electron chi connectivity index (χ1n) is 14.2. The number of anilines is 2. The predicted molar refractivity (Wildman–Crippen MR) is 164 cm³/mol. The SMILES string of the molecule is COC(=O)c1cc(F)c(NC(=O)Cc2ccc(Oc3ccnc(COc4ccc(Cl)cc4F)c3)cc2F)c(NCC[C@@H]2CCO2)c1. The highest BCUT2D eigenvalue weighted by atomic mass is 35.5. The zero-order valence-electron chi connectivity index (χ0n) is 24.6. The van der Waals surface area contributed by atoms with Gasteiger partial charge < -0.3 is 29.6 Å². The molecule has 2 heterocycles. The third kappa shape index (κ3) is 8.46. The normalized spacial score (nSPS) is 13.8. The van der Waals surface area contributed by atoms with Gasteiger partial charge in [-0.3, -0.25) is 9.78 Å². The molecule has 0 saturated carbocycles. The number of esters is 1. The third-order valence-electron chi connectivity index (χ3n) is 7.02. The van der Waals surface area contributed by atoms with E-state index in [0.29, 0.717) is 31.0 Å². The van der Waals surface area contributed by atoms with Crippen LogP contribution in [0.3, 0.4) is 0 Å². The fourth-order valence-corrected chi connectivity index (χ4v) is 4.72. The van der Waals surface area contributed by atoms with Crippen LogP contribution in [0.15, 0.2) is 66.9 Å². The molecule has 0 aliphatic carbocycles. The summed E-state index contributed by atoms with van der Waals surface area (Å²) >= 11 is 5.76. The molecular formula is C33H29ClF3N3O6. The summed E-state index contributed by atoms with van der Waals surface area (Å²) in [6.45, 7) is 1.04. The van der Waals surface area contributed by atoms with Crippen molar-refractivity contribution in [3.8, 4) is 17.2 Å². The van der Waals surface area contributed by atoms with Crippen LogP contribution in [0, 0.1) is 17.5 Å². The molecule has 240 valence electrons. The quantitative estimate of drug-likeness (QED) is 0.147. The Balaban J connectivity index is 1.22. The molecule has 0 spiro atoms. The summed E-state index contributed by atoms with van der Waals surface area (Å²) in [6, 6.07) is 13.5. The van der Waals surface area contributed by atoms with Crippen molar-refractivity contribution in [3.05, 3.63) is 106 Å². The van der Waals surface area contributed by atoms with Gasteiger partial charge in [0.05, 0.1) is 36.6 Å². The second-order valence-corrected chi connectivity index (χ2v) is 10.7. The Kier molecular flexibility index (Phi) is 10.6. The van der Waals surface area contributed by atoms with Crippen molar-refractivity contribution in [1.82, 2.24) is 4.98 Å². The number of amides is 1. The van der Waals surface area contributed by atoms with Gasteiger partial charge >= 0.3 is 5.97 Å². The molecule has 5 rings (SSSR count). The number of carbonyl (C=O) groups excluding carboxylic acids is 2. The van der Waals surface area contributed by atoms with E-state index in [-0.39, 0.29) is 51.7 Å². The van der Waals surface area contributed by atoms with Gasteiger partial charge in [0.1, 0.15) is 35.4 Å². The summed E-state index contributed by atoms with van der Waals surface area (Å²) in [4.78, 5) is 29.1. The van der Waals surface area contributed by atoms with Gasteiger partial charge in [-0.15, -0.1) is 0 Å². The van der Waals surface area contributed by atoms with Crippen LogP contribution in [-0.2, 0) is 27.3 Å². The summed E-state index contributed by atoms with van der Waals surface area (Å²) in [5.41, 5.74) is 0.437. The Bertz CT molecular complexity index is 1740. The highest BCUT2D eigenvalue weighted by Crippen LogP contribution is 2.30. The van der Waals surface area contributed by atoms with Gasteiger partial charge in [-0.2, -0.15) is 0 Å².